The summed E-state index contributed by atoms with van der Waals surface area (Å²) in [6.07, 6.45) is 3.72. The molecule has 4 aromatic carbocycles. The van der Waals surface area contributed by atoms with Gasteiger partial charge in [-0.3, -0.25) is 19.4 Å². The number of ether oxygens (including phenoxy) is 2. The first-order valence-electron chi connectivity index (χ1n) is 16.8. The smallest absolute Gasteiger partial charge is 0.238 e. The molecule has 4 aromatic rings. The second kappa shape index (κ2) is 16.8. The quantitative estimate of drug-likeness (QED) is 0.164. The van der Waals surface area contributed by atoms with Crippen LogP contribution in [0.5, 0.6) is 11.5 Å². The van der Waals surface area contributed by atoms with Crippen molar-refractivity contribution >= 4 is 96.6 Å². The molecule has 2 aliphatic heterocycles. The Bertz CT molecular complexity index is 1700. The normalized spacial score (nSPS) is 20.2. The fraction of sp³-hybridized carbons (Fsp3) is 0.350. The number of amides is 2. The number of methoxy groups -OCH3 is 2. The van der Waals surface area contributed by atoms with Crippen LogP contribution >= 0.6 is 62.0 Å². The van der Waals surface area contributed by atoms with Crippen LogP contribution in [0.3, 0.4) is 0 Å². The van der Waals surface area contributed by atoms with Crippen molar-refractivity contribution in [3.8, 4) is 11.5 Å². The van der Waals surface area contributed by atoms with Gasteiger partial charge in [-0.25, -0.2) is 0 Å². The molecular weight excluding hydrogens is 843 g/mol. The van der Waals surface area contributed by atoms with E-state index in [1.165, 1.54) is 0 Å². The van der Waals surface area contributed by atoms with E-state index in [4.69, 9.17) is 9.47 Å². The van der Waals surface area contributed by atoms with E-state index >= 15 is 0 Å². The van der Waals surface area contributed by atoms with Crippen molar-refractivity contribution in [1.29, 1.82) is 0 Å². The highest BCUT2D eigenvalue weighted by molar-refractivity contribution is 14.1. The Labute approximate surface area is 327 Å². The summed E-state index contributed by atoms with van der Waals surface area (Å²) < 4.78 is 12.8. The maximum atomic E-state index is 13.6. The van der Waals surface area contributed by atoms with Crippen molar-refractivity contribution in [3.05, 3.63) is 93.0 Å². The number of nitrogens with zero attached hydrogens (tertiary/aromatic N) is 2. The van der Waals surface area contributed by atoms with Crippen LogP contribution in [0, 0.1) is 14.4 Å². The summed E-state index contributed by atoms with van der Waals surface area (Å²) in [5, 5.41) is 0. The Morgan fingerprint density at radius 3 is 1.54 bits per heavy atom. The van der Waals surface area contributed by atoms with Gasteiger partial charge < -0.3 is 9.47 Å². The number of carbonyl (C=O) groups is 2. The molecule has 6 rings (SSSR count). The molecule has 0 aliphatic carbocycles. The Hall–Kier alpha value is -2.67. The van der Waals surface area contributed by atoms with Crippen molar-refractivity contribution in [2.45, 2.75) is 63.2 Å². The number of halogens is 2. The third-order valence-corrected chi connectivity index (χ3v) is 13.4. The van der Waals surface area contributed by atoms with Crippen molar-refractivity contribution in [2.24, 2.45) is 10.8 Å². The van der Waals surface area contributed by atoms with Gasteiger partial charge in [0.1, 0.15) is 11.5 Å². The van der Waals surface area contributed by atoms with Crippen LogP contribution in [-0.2, 0) is 9.59 Å². The van der Waals surface area contributed by atoms with E-state index in [1.54, 1.807) is 37.7 Å². The van der Waals surface area contributed by atoms with Crippen molar-refractivity contribution < 1.29 is 19.1 Å². The Morgan fingerprint density at radius 1 is 0.700 bits per heavy atom. The second-order valence-electron chi connectivity index (χ2n) is 13.1. The highest BCUT2D eigenvalue weighted by atomic mass is 127. The number of hydrogen-bond donors (Lipinski definition) is 0. The fourth-order valence-electron chi connectivity index (χ4n) is 6.43. The summed E-state index contributed by atoms with van der Waals surface area (Å²) in [5.41, 5.74) is 2.90. The van der Waals surface area contributed by atoms with Gasteiger partial charge in [0.05, 0.1) is 44.5 Å². The van der Waals surface area contributed by atoms with Crippen LogP contribution in [0.2, 0.25) is 0 Å². The van der Waals surface area contributed by atoms with E-state index in [1.807, 2.05) is 82.6 Å². The maximum absolute atomic E-state index is 13.6. The minimum Gasteiger partial charge on any atom is -0.496 e. The molecule has 0 N–H and O–H groups in total. The van der Waals surface area contributed by atoms with Gasteiger partial charge in [0.25, 0.3) is 0 Å². The molecule has 2 aliphatic rings. The number of hydrogen-bond acceptors (Lipinski definition) is 6. The van der Waals surface area contributed by atoms with Crippen LogP contribution in [0.15, 0.2) is 99.2 Å². The topological polar surface area (TPSA) is 59.1 Å². The first-order valence-corrected chi connectivity index (χ1v) is 20.6. The zero-order chi connectivity index (χ0) is 36.1. The molecule has 2 atom stereocenters. The molecule has 0 bridgehead atoms. The van der Waals surface area contributed by atoms with Crippen LogP contribution in [0.4, 0.5) is 22.7 Å². The van der Waals surface area contributed by atoms with E-state index in [-0.39, 0.29) is 17.2 Å². The first-order chi connectivity index (χ1) is 24.0. The van der Waals surface area contributed by atoms with Gasteiger partial charge in [0.2, 0.25) is 11.8 Å². The highest BCUT2D eigenvalue weighted by Crippen LogP contribution is 2.49. The largest absolute Gasteiger partial charge is 0.496 e. The molecule has 0 radical (unpaired) electrons. The molecular formula is C40H44BrIN2O4S2. The lowest BCUT2D eigenvalue weighted by molar-refractivity contribution is -0.126. The van der Waals surface area contributed by atoms with Crippen LogP contribution < -0.4 is 19.3 Å². The summed E-state index contributed by atoms with van der Waals surface area (Å²) in [7, 11) is 3.35. The maximum Gasteiger partial charge on any atom is 0.238 e. The monoisotopic (exact) mass is 886 g/mol. The zero-order valence-corrected chi connectivity index (χ0v) is 34.8. The fourth-order valence-corrected chi connectivity index (χ4v) is 10.1. The van der Waals surface area contributed by atoms with E-state index in [0.717, 1.165) is 89.3 Å². The highest BCUT2D eigenvalue weighted by Gasteiger charge is 2.42. The molecule has 2 amide bonds. The van der Waals surface area contributed by atoms with Crippen molar-refractivity contribution in [1.82, 2.24) is 0 Å². The number of benzene rings is 4. The number of fused-ring (bicyclic) bond motifs is 2. The van der Waals surface area contributed by atoms with Gasteiger partial charge in [0, 0.05) is 32.7 Å². The number of thioether (sulfide) groups is 2. The van der Waals surface area contributed by atoms with Crippen molar-refractivity contribution in [2.75, 3.05) is 35.5 Å². The third-order valence-electron chi connectivity index (χ3n) is 9.11. The molecule has 264 valence electrons. The lowest BCUT2D eigenvalue weighted by atomic mass is 9.85. The summed E-state index contributed by atoms with van der Waals surface area (Å²) >= 11 is 9.32. The summed E-state index contributed by atoms with van der Waals surface area (Å²) in [4.78, 5) is 33.0. The Balaban J connectivity index is 0.000000194. The molecule has 50 heavy (non-hydrogen) atoms. The number of anilines is 4. The van der Waals surface area contributed by atoms with Gasteiger partial charge in [-0.15, -0.1) is 23.5 Å². The number of para-hydroxylation sites is 2. The predicted molar refractivity (Wildman–Crippen MR) is 221 cm³/mol. The first kappa shape index (κ1) is 38.6. The predicted octanol–water partition coefficient (Wildman–Crippen LogP) is 11.9. The van der Waals surface area contributed by atoms with Crippen LogP contribution in [0.25, 0.3) is 0 Å². The van der Waals surface area contributed by atoms with E-state index < -0.39 is 5.41 Å². The van der Waals surface area contributed by atoms with Gasteiger partial charge in [-0.05, 0) is 114 Å². The van der Waals surface area contributed by atoms with Crippen LogP contribution in [0.1, 0.15) is 53.4 Å². The molecule has 6 nitrogen and oxygen atoms in total. The molecule has 0 spiro atoms. The molecule has 0 fully saturated rings. The van der Waals surface area contributed by atoms with E-state index in [0.29, 0.717) is 0 Å². The second-order valence-corrected chi connectivity index (χ2v) is 17.1. The Kier molecular flexibility index (Phi) is 12.9. The standard InChI is InChI=1S/C20H22BrNO2S.C20H22INO2S/c2*1-4-10-20(2)13-25-18-12-17(24-3)15(21)11-16(18)22(19(20)23)14-8-6-5-7-9-14/h2*5-9,11-12H,4,10,13H2,1-3H3. The Morgan fingerprint density at radius 2 is 1.12 bits per heavy atom. The summed E-state index contributed by atoms with van der Waals surface area (Å²) in [6, 6.07) is 27.9. The molecule has 2 heterocycles. The zero-order valence-electron chi connectivity index (χ0n) is 29.4. The summed E-state index contributed by atoms with van der Waals surface area (Å²) in [6.45, 7) is 8.45. The van der Waals surface area contributed by atoms with Crippen LogP contribution in [-0.4, -0.2) is 37.5 Å². The van der Waals surface area contributed by atoms with Gasteiger partial charge in [-0.1, -0.05) is 63.1 Å². The minimum absolute atomic E-state index is 0.156. The van der Waals surface area contributed by atoms with Crippen molar-refractivity contribution in [3.63, 3.8) is 0 Å². The van der Waals surface area contributed by atoms with Gasteiger partial charge in [-0.2, -0.15) is 0 Å². The molecule has 10 heteroatoms. The third kappa shape index (κ3) is 8.03. The number of rotatable bonds is 8. The van der Waals surface area contributed by atoms with E-state index in [9.17, 15) is 9.59 Å². The minimum atomic E-state index is -0.395. The van der Waals surface area contributed by atoms with Gasteiger partial charge >= 0.3 is 0 Å². The molecule has 2 unspecified atom stereocenters. The lowest BCUT2D eigenvalue weighted by Gasteiger charge is -2.32. The average molecular weight is 888 g/mol. The molecule has 0 aromatic heterocycles. The average Bonchev–Trinajstić information content (AvgIpc) is 3.29. The van der Waals surface area contributed by atoms with Gasteiger partial charge in [0.15, 0.2) is 0 Å². The lowest BCUT2D eigenvalue weighted by Crippen LogP contribution is -2.40. The van der Waals surface area contributed by atoms with E-state index in [2.05, 4.69) is 78.3 Å². The number of carbonyl (C=O) groups excluding carboxylic acids is 2. The summed E-state index contributed by atoms with van der Waals surface area (Å²) in [5.74, 6) is 3.51. The molecule has 0 saturated carbocycles. The SMILES string of the molecule is CCCC1(C)CSc2cc(OC)c(Br)cc2N(c2ccccc2)C1=O.CCCC1(C)CSc2cc(OC)c(I)cc2N(c2ccccc2)C1=O. The molecule has 0 saturated heterocycles.